The largest absolute Gasteiger partial charge is 0.379 e. The zero-order valence-corrected chi connectivity index (χ0v) is 38.0. The number of aromatic amines is 2. The molecule has 63 heavy (non-hydrogen) atoms. The molecule has 19 nitrogen and oxygen atoms in total. The molecular formula is C36H28Cl4N6O13S4. The third-order valence-electron chi connectivity index (χ3n) is 8.04. The number of hydrogen-bond donors (Lipinski definition) is 5. The molecule has 0 unspecified atom stereocenters. The molecule has 2 amide bonds. The first-order valence-electron chi connectivity index (χ1n) is 16.9. The van der Waals surface area contributed by atoms with Crippen LogP contribution in [0.5, 0.6) is 11.5 Å². The van der Waals surface area contributed by atoms with Crippen molar-refractivity contribution < 1.29 is 56.2 Å². The summed E-state index contributed by atoms with van der Waals surface area (Å²) in [7, 11) is -15.0. The topological polar surface area (TPSA) is 305 Å². The molecule has 2 heterocycles. The number of carbonyl (C=O) groups excluding carboxylic acids is 2. The van der Waals surface area contributed by atoms with Crippen molar-refractivity contribution in [1.29, 1.82) is 0 Å². The van der Waals surface area contributed by atoms with Gasteiger partial charge in [-0.15, -0.1) is 0 Å². The molecule has 0 aliphatic carbocycles. The zero-order valence-electron chi connectivity index (χ0n) is 31.7. The van der Waals surface area contributed by atoms with E-state index in [4.69, 9.17) is 65.1 Å². The number of nitrogens with one attached hydrogen (secondary N) is 3. The Morgan fingerprint density at radius 1 is 0.619 bits per heavy atom. The van der Waals surface area contributed by atoms with Crippen LogP contribution in [0.3, 0.4) is 0 Å². The van der Waals surface area contributed by atoms with Crippen LogP contribution in [0.1, 0.15) is 21.0 Å². The SMILES string of the molecule is CNC(=O)c1n[nH]c2ccc(S(=O)(=O)Oc3ccc(Cl)c(Cl)c3)cc12.CS(=O)(=O)c1ccccc1S(=O)(=O)O.NC(=O)c1n[nH]c2ccc(S(=O)(=O)Oc3ccc(Cl)c(Cl)c3)cc12. The predicted molar refractivity (Wildman–Crippen MR) is 232 cm³/mol. The minimum atomic E-state index is -4.50. The van der Waals surface area contributed by atoms with Crippen LogP contribution in [-0.2, 0) is 40.2 Å². The minimum absolute atomic E-state index is 0.00631. The van der Waals surface area contributed by atoms with Crippen LogP contribution in [0.15, 0.2) is 117 Å². The van der Waals surface area contributed by atoms with Gasteiger partial charge >= 0.3 is 20.2 Å². The van der Waals surface area contributed by atoms with Crippen molar-refractivity contribution in [2.45, 2.75) is 19.6 Å². The fraction of sp³-hybridized carbons (Fsp3) is 0.0556. The van der Waals surface area contributed by atoms with Gasteiger partial charge in [0.1, 0.15) is 26.2 Å². The predicted octanol–water partition coefficient (Wildman–Crippen LogP) is 6.07. The van der Waals surface area contributed by atoms with Gasteiger partial charge in [0.25, 0.3) is 21.9 Å². The summed E-state index contributed by atoms with van der Waals surface area (Å²) < 4.78 is 112. The average Bonchev–Trinajstić information content (AvgIpc) is 3.84. The van der Waals surface area contributed by atoms with E-state index in [0.29, 0.717) is 16.4 Å². The quantitative estimate of drug-likeness (QED) is 0.0767. The third-order valence-corrected chi connectivity index (χ3v) is 14.2. The van der Waals surface area contributed by atoms with Crippen molar-refractivity contribution in [3.8, 4) is 11.5 Å². The Hall–Kier alpha value is -5.50. The summed E-state index contributed by atoms with van der Waals surface area (Å²) in [4.78, 5) is 21.9. The molecule has 0 spiro atoms. The van der Waals surface area contributed by atoms with Gasteiger partial charge in [0, 0.05) is 36.2 Å². The number of halogens is 4. The van der Waals surface area contributed by atoms with Gasteiger partial charge in [-0.25, -0.2) is 8.42 Å². The highest BCUT2D eigenvalue weighted by Gasteiger charge is 2.23. The molecule has 332 valence electrons. The van der Waals surface area contributed by atoms with Crippen LogP contribution in [0, 0.1) is 0 Å². The number of carbonyl (C=O) groups is 2. The lowest BCUT2D eigenvalue weighted by Gasteiger charge is -2.08. The lowest BCUT2D eigenvalue weighted by atomic mass is 10.2. The molecule has 7 aromatic rings. The Balaban J connectivity index is 0.000000186. The molecular weight excluding hydrogens is 995 g/mol. The molecule has 6 N–H and O–H groups in total. The van der Waals surface area contributed by atoms with Gasteiger partial charge < -0.3 is 19.4 Å². The number of amides is 2. The first-order chi connectivity index (χ1) is 29.3. The number of nitrogens with zero attached hydrogens (tertiary/aromatic N) is 2. The summed E-state index contributed by atoms with van der Waals surface area (Å²) in [6.45, 7) is 0. The molecule has 0 aliphatic rings. The number of aromatic nitrogens is 4. The Morgan fingerprint density at radius 3 is 1.43 bits per heavy atom. The molecule has 27 heteroatoms. The first-order valence-corrected chi connectivity index (χ1v) is 24.5. The Morgan fingerprint density at radius 2 is 1.05 bits per heavy atom. The summed E-state index contributed by atoms with van der Waals surface area (Å²) in [6, 6.07) is 21.3. The number of rotatable bonds is 10. The second-order valence-corrected chi connectivity index (χ2v) is 20.5. The summed E-state index contributed by atoms with van der Waals surface area (Å²) in [6.07, 6.45) is 0.872. The van der Waals surface area contributed by atoms with Gasteiger partial charge in [-0.05, 0) is 72.8 Å². The number of hydrogen-bond acceptors (Lipinski definition) is 14. The average molecular weight is 1020 g/mol. The smallest absolute Gasteiger partial charge is 0.339 e. The molecule has 0 radical (unpaired) electrons. The van der Waals surface area contributed by atoms with Crippen molar-refractivity contribution in [2.75, 3.05) is 13.3 Å². The molecule has 7 rings (SSSR count). The van der Waals surface area contributed by atoms with E-state index in [2.05, 4.69) is 25.7 Å². The maximum atomic E-state index is 12.5. The van der Waals surface area contributed by atoms with Crippen molar-refractivity contribution in [1.82, 2.24) is 25.7 Å². The van der Waals surface area contributed by atoms with Crippen LogP contribution in [0.4, 0.5) is 0 Å². The highest BCUT2D eigenvalue weighted by molar-refractivity contribution is 7.92. The fourth-order valence-corrected chi connectivity index (χ4v) is 9.73. The molecule has 0 saturated carbocycles. The van der Waals surface area contributed by atoms with Gasteiger partial charge in [0.15, 0.2) is 21.2 Å². The van der Waals surface area contributed by atoms with Crippen molar-refractivity contribution in [3.63, 3.8) is 0 Å². The van der Waals surface area contributed by atoms with Crippen LogP contribution < -0.4 is 19.4 Å². The van der Waals surface area contributed by atoms with Crippen LogP contribution in [-0.4, -0.2) is 83.7 Å². The van der Waals surface area contributed by atoms with E-state index in [1.54, 1.807) is 0 Å². The van der Waals surface area contributed by atoms with Gasteiger partial charge in [-0.2, -0.15) is 35.5 Å². The van der Waals surface area contributed by atoms with Crippen LogP contribution in [0.2, 0.25) is 20.1 Å². The molecule has 0 aliphatic heterocycles. The van der Waals surface area contributed by atoms with Crippen molar-refractivity contribution >= 4 is 120 Å². The van der Waals surface area contributed by atoms with Crippen LogP contribution in [0.25, 0.3) is 21.8 Å². The number of H-pyrrole nitrogens is 2. The van der Waals surface area contributed by atoms with Gasteiger partial charge in [-0.1, -0.05) is 58.5 Å². The van der Waals surface area contributed by atoms with E-state index in [1.807, 2.05) is 0 Å². The van der Waals surface area contributed by atoms with Gasteiger partial charge in [-0.3, -0.25) is 24.3 Å². The Kier molecular flexibility index (Phi) is 14.7. The number of nitrogens with two attached hydrogens (primary N) is 1. The number of fused-ring (bicyclic) bond motifs is 2. The molecule has 0 atom stereocenters. The zero-order chi connectivity index (χ0) is 46.7. The highest BCUT2D eigenvalue weighted by atomic mass is 35.5. The maximum absolute atomic E-state index is 12.5. The van der Waals surface area contributed by atoms with E-state index in [0.717, 1.165) is 18.4 Å². The number of primary amides is 1. The maximum Gasteiger partial charge on any atom is 0.339 e. The minimum Gasteiger partial charge on any atom is -0.379 e. The van der Waals surface area contributed by atoms with Crippen molar-refractivity contribution in [3.05, 3.63) is 129 Å². The summed E-state index contributed by atoms with van der Waals surface area (Å²) in [5.74, 6) is -1.19. The van der Waals surface area contributed by atoms with E-state index in [1.165, 1.54) is 92.0 Å². The lowest BCUT2D eigenvalue weighted by molar-refractivity contribution is 0.0958. The highest BCUT2D eigenvalue weighted by Crippen LogP contribution is 2.31. The van der Waals surface area contributed by atoms with E-state index >= 15 is 0 Å². The summed E-state index contributed by atoms with van der Waals surface area (Å²) >= 11 is 23.3. The second-order valence-electron chi connectivity index (χ2n) is 12.4. The molecule has 0 fully saturated rings. The van der Waals surface area contributed by atoms with E-state index in [-0.39, 0.29) is 58.2 Å². The fourth-order valence-electron chi connectivity index (χ4n) is 5.15. The first kappa shape index (κ1) is 48.5. The molecule has 0 bridgehead atoms. The Labute approximate surface area is 378 Å². The third kappa shape index (κ3) is 11.8. The van der Waals surface area contributed by atoms with Gasteiger partial charge in [0.2, 0.25) is 0 Å². The van der Waals surface area contributed by atoms with Crippen LogP contribution >= 0.6 is 46.4 Å². The molecule has 2 aromatic heterocycles. The van der Waals surface area contributed by atoms with Gasteiger partial charge in [0.05, 0.1) is 36.0 Å². The Bertz CT molecular complexity index is 3330. The number of benzene rings is 5. The normalized spacial score (nSPS) is 11.8. The standard InChI is InChI=1S/C15H11Cl2N3O4S.C14H9Cl2N3O4S.C7H8O5S2/c1-18-15(21)14-10-7-9(3-5-13(10)19-20-14)25(22,23)24-8-2-4-11(16)12(17)6-8;15-10-3-1-7(5-11(10)16)23-24(21,22)8-2-4-12-9(6-8)13(14(17)20)19-18-12;1-13(8,9)6-4-2-3-5-7(6)14(10,11)12/h2-7H,1H3,(H,18,21)(H,19,20);1-6H,(H2,17,20)(H,18,19);2-5H,1H3,(H,10,11,12). The molecule has 5 aromatic carbocycles. The summed E-state index contributed by atoms with van der Waals surface area (Å²) in [5.41, 5.74) is 6.23. The second kappa shape index (κ2) is 19.1. The summed E-state index contributed by atoms with van der Waals surface area (Å²) in [5, 5.41) is 16.9. The van der Waals surface area contributed by atoms with E-state index < -0.39 is 61.8 Å². The lowest BCUT2D eigenvalue weighted by Crippen LogP contribution is -2.18. The monoisotopic (exact) mass is 1020 g/mol. The molecule has 0 saturated heterocycles. The number of sulfone groups is 1. The van der Waals surface area contributed by atoms with Crippen molar-refractivity contribution in [2.24, 2.45) is 5.73 Å². The van der Waals surface area contributed by atoms with E-state index in [9.17, 15) is 43.3 Å².